The Morgan fingerprint density at radius 3 is 2.36 bits per heavy atom. The minimum atomic E-state index is -0.677. The van der Waals surface area contributed by atoms with Gasteiger partial charge in [0, 0.05) is 6.42 Å². The summed E-state index contributed by atoms with van der Waals surface area (Å²) in [5.74, 6) is 2.61. The quantitative estimate of drug-likeness (QED) is 0.659. The van der Waals surface area contributed by atoms with Gasteiger partial charge in [-0.05, 0) is 104 Å². The molecule has 4 heteroatoms. The molecule has 28 heavy (non-hydrogen) atoms. The van der Waals surface area contributed by atoms with Crippen LogP contribution in [0.3, 0.4) is 0 Å². The number of rotatable bonds is 4. The highest BCUT2D eigenvalue weighted by Gasteiger charge is 2.62. The molecule has 1 unspecified atom stereocenters. The fourth-order valence-electron chi connectivity index (χ4n) is 8.81. The minimum absolute atomic E-state index is 0.176. The second-order valence-electron chi connectivity index (χ2n) is 11.4. The van der Waals surface area contributed by atoms with Gasteiger partial charge in [-0.25, -0.2) is 0 Å². The van der Waals surface area contributed by atoms with Crippen LogP contribution in [0.4, 0.5) is 0 Å². The molecule has 0 aliphatic heterocycles. The number of carboxylic acids is 1. The van der Waals surface area contributed by atoms with E-state index in [2.05, 4.69) is 20.8 Å². The topological polar surface area (TPSA) is 77.8 Å². The van der Waals surface area contributed by atoms with Crippen LogP contribution in [-0.2, 0) is 4.79 Å². The summed E-state index contributed by atoms with van der Waals surface area (Å²) in [4.78, 5) is 11.1. The van der Waals surface area contributed by atoms with Crippen LogP contribution in [0.1, 0.15) is 85.0 Å². The van der Waals surface area contributed by atoms with E-state index in [1.165, 1.54) is 25.7 Å². The van der Waals surface area contributed by atoms with E-state index in [9.17, 15) is 15.0 Å². The highest BCUT2D eigenvalue weighted by Crippen LogP contribution is 2.68. The van der Waals surface area contributed by atoms with Crippen molar-refractivity contribution < 1.29 is 20.1 Å². The molecule has 0 heterocycles. The smallest absolute Gasteiger partial charge is 0.303 e. The largest absolute Gasteiger partial charge is 0.481 e. The van der Waals surface area contributed by atoms with E-state index in [0.717, 1.165) is 32.1 Å². The molecule has 0 radical (unpaired) electrons. The molecule has 0 bridgehead atoms. The van der Waals surface area contributed by atoms with Crippen LogP contribution in [0.2, 0.25) is 0 Å². The summed E-state index contributed by atoms with van der Waals surface area (Å²) in [5, 5.41) is 30.4. The molecule has 3 N–H and O–H groups in total. The van der Waals surface area contributed by atoms with Crippen LogP contribution in [0.5, 0.6) is 0 Å². The molecular weight excluding hydrogens is 352 g/mol. The first kappa shape index (κ1) is 20.7. The number of aliphatic hydroxyl groups excluding tert-OH is 2. The van der Waals surface area contributed by atoms with Crippen molar-refractivity contribution in [2.45, 2.75) is 97.2 Å². The van der Waals surface area contributed by atoms with Gasteiger partial charge in [-0.1, -0.05) is 20.8 Å². The maximum absolute atomic E-state index is 11.1. The molecule has 0 amide bonds. The molecular formula is C24H40O4. The number of carboxylic acid groups (broad SMARTS) is 1. The van der Waals surface area contributed by atoms with Gasteiger partial charge in [0.25, 0.3) is 0 Å². The molecule has 0 spiro atoms. The van der Waals surface area contributed by atoms with Crippen molar-refractivity contribution in [1.29, 1.82) is 0 Å². The first-order valence-electron chi connectivity index (χ1n) is 11.7. The lowest BCUT2D eigenvalue weighted by Gasteiger charge is -2.62. The van der Waals surface area contributed by atoms with Crippen LogP contribution in [0.25, 0.3) is 0 Å². The maximum Gasteiger partial charge on any atom is 0.303 e. The normalized spacial score (nSPS) is 51.7. The van der Waals surface area contributed by atoms with Gasteiger partial charge < -0.3 is 15.3 Å². The summed E-state index contributed by atoms with van der Waals surface area (Å²) in [6.45, 7) is 7.16. The Labute approximate surface area is 170 Å². The first-order valence-corrected chi connectivity index (χ1v) is 11.7. The molecule has 0 aromatic rings. The monoisotopic (exact) mass is 392 g/mol. The highest BCUT2D eigenvalue weighted by atomic mass is 16.4. The second kappa shape index (κ2) is 7.27. The van der Waals surface area contributed by atoms with Crippen LogP contribution >= 0.6 is 0 Å². The lowest BCUT2D eigenvalue weighted by molar-refractivity contribution is -0.172. The van der Waals surface area contributed by atoms with E-state index in [1.807, 2.05) is 0 Å². The number of aliphatic hydroxyl groups is 2. The zero-order chi connectivity index (χ0) is 20.3. The Hall–Kier alpha value is -0.610. The van der Waals surface area contributed by atoms with Crippen molar-refractivity contribution in [2.75, 3.05) is 0 Å². The molecule has 10 atom stereocenters. The fraction of sp³-hybridized carbons (Fsp3) is 0.958. The zero-order valence-corrected chi connectivity index (χ0v) is 17.9. The van der Waals surface area contributed by atoms with Crippen molar-refractivity contribution >= 4 is 5.97 Å². The molecule has 0 aromatic heterocycles. The second-order valence-corrected chi connectivity index (χ2v) is 11.4. The lowest BCUT2D eigenvalue weighted by atomic mass is 9.44. The third kappa shape index (κ3) is 3.14. The number of fused-ring (bicyclic) bond motifs is 5. The molecule has 0 saturated heterocycles. The lowest BCUT2D eigenvalue weighted by Crippen LogP contribution is -2.58. The third-order valence-corrected chi connectivity index (χ3v) is 10.2. The highest BCUT2D eigenvalue weighted by molar-refractivity contribution is 5.66. The van der Waals surface area contributed by atoms with Gasteiger partial charge >= 0.3 is 5.97 Å². The van der Waals surface area contributed by atoms with Crippen LogP contribution in [0, 0.1) is 46.3 Å². The van der Waals surface area contributed by atoms with Crippen molar-refractivity contribution in [3.05, 3.63) is 0 Å². The van der Waals surface area contributed by atoms with E-state index < -0.39 is 5.97 Å². The summed E-state index contributed by atoms with van der Waals surface area (Å²) >= 11 is 0. The molecule has 160 valence electrons. The van der Waals surface area contributed by atoms with Crippen molar-refractivity contribution in [2.24, 2.45) is 46.3 Å². The number of hydrogen-bond donors (Lipinski definition) is 3. The van der Waals surface area contributed by atoms with Gasteiger partial charge in [0.2, 0.25) is 0 Å². The summed E-state index contributed by atoms with van der Waals surface area (Å²) < 4.78 is 0. The van der Waals surface area contributed by atoms with Crippen LogP contribution in [0.15, 0.2) is 0 Å². The average molecular weight is 393 g/mol. The fourth-order valence-corrected chi connectivity index (χ4v) is 8.81. The Morgan fingerprint density at radius 2 is 1.64 bits per heavy atom. The Kier molecular flexibility index (Phi) is 5.36. The summed E-state index contributed by atoms with van der Waals surface area (Å²) in [6.07, 6.45) is 9.16. The van der Waals surface area contributed by atoms with E-state index in [-0.39, 0.29) is 30.0 Å². The molecule has 0 aromatic carbocycles. The first-order chi connectivity index (χ1) is 13.2. The standard InChI is InChI=1S/C24H40O4/c1-14(4-7-22(27)28)17-5-6-18-16-13-21(26)20-12-15(25)8-10-24(20,3)19(16)9-11-23(17,18)2/h14-21,25-26H,4-13H2,1-3H3,(H,27,28)/t14?,15-,16+,17-,18+,19+,20+,21-,23-,24-/m1/s1. The van der Waals surface area contributed by atoms with Gasteiger partial charge in [-0.15, -0.1) is 0 Å². The number of carbonyl (C=O) groups is 1. The Bertz CT molecular complexity index is 605. The van der Waals surface area contributed by atoms with Gasteiger partial charge in [-0.2, -0.15) is 0 Å². The van der Waals surface area contributed by atoms with Crippen LogP contribution < -0.4 is 0 Å². The molecule has 4 nitrogen and oxygen atoms in total. The summed E-state index contributed by atoms with van der Waals surface area (Å²) in [7, 11) is 0. The van der Waals surface area contributed by atoms with E-state index >= 15 is 0 Å². The predicted octanol–water partition coefficient (Wildman–Crippen LogP) is 4.48. The molecule has 4 fully saturated rings. The Balaban J connectivity index is 1.55. The molecule has 4 saturated carbocycles. The number of hydrogen-bond acceptors (Lipinski definition) is 3. The Morgan fingerprint density at radius 1 is 0.964 bits per heavy atom. The van der Waals surface area contributed by atoms with E-state index in [4.69, 9.17) is 5.11 Å². The van der Waals surface area contributed by atoms with Gasteiger partial charge in [0.15, 0.2) is 0 Å². The predicted molar refractivity (Wildman–Crippen MR) is 109 cm³/mol. The van der Waals surface area contributed by atoms with Crippen molar-refractivity contribution in [1.82, 2.24) is 0 Å². The number of aliphatic carboxylic acids is 1. The molecule has 4 aliphatic rings. The maximum atomic E-state index is 11.1. The SMILES string of the molecule is CC(CCC(=O)O)[C@H]1CC[C@H]2[C@@H]3C[C@@H](O)[C@@H]4C[C@H](O)CC[C@]4(C)[C@H]3CC[C@]12C. The summed E-state index contributed by atoms with van der Waals surface area (Å²) in [5.41, 5.74) is 0.478. The zero-order valence-electron chi connectivity index (χ0n) is 17.9. The van der Waals surface area contributed by atoms with Gasteiger partial charge in [0.05, 0.1) is 12.2 Å². The molecule has 4 rings (SSSR count). The summed E-state index contributed by atoms with van der Waals surface area (Å²) in [6, 6.07) is 0. The van der Waals surface area contributed by atoms with Crippen molar-refractivity contribution in [3.63, 3.8) is 0 Å². The van der Waals surface area contributed by atoms with E-state index in [0.29, 0.717) is 35.0 Å². The molecule has 4 aliphatic carbocycles. The van der Waals surface area contributed by atoms with Gasteiger partial charge in [-0.3, -0.25) is 4.79 Å². The average Bonchev–Trinajstić information content (AvgIpc) is 2.99. The van der Waals surface area contributed by atoms with Gasteiger partial charge in [0.1, 0.15) is 0 Å². The van der Waals surface area contributed by atoms with E-state index in [1.54, 1.807) is 0 Å². The van der Waals surface area contributed by atoms with Crippen molar-refractivity contribution in [3.8, 4) is 0 Å². The minimum Gasteiger partial charge on any atom is -0.481 e. The van der Waals surface area contributed by atoms with Crippen LogP contribution in [-0.4, -0.2) is 33.5 Å². The third-order valence-electron chi connectivity index (χ3n) is 10.2.